The molecule has 0 spiro atoms. The number of carbonyl (C=O) groups excluding carboxylic acids is 1. The van der Waals surface area contributed by atoms with Crippen LogP contribution in [0, 0.1) is 5.92 Å². The molecule has 180 valence electrons. The van der Waals surface area contributed by atoms with Crippen molar-refractivity contribution in [2.24, 2.45) is 11.0 Å². The Labute approximate surface area is 211 Å². The van der Waals surface area contributed by atoms with Gasteiger partial charge in [-0.15, -0.1) is 0 Å². The fourth-order valence-electron chi connectivity index (χ4n) is 5.49. The van der Waals surface area contributed by atoms with Gasteiger partial charge < -0.3 is 5.73 Å². The highest BCUT2D eigenvalue weighted by Crippen LogP contribution is 2.38. The van der Waals surface area contributed by atoms with Crippen molar-refractivity contribution in [3.8, 4) is 0 Å². The molecule has 4 aromatic carbocycles. The van der Waals surface area contributed by atoms with E-state index in [1.165, 1.54) is 24.6 Å². The number of nitrogens with two attached hydrogens (primary N) is 1. The number of benzene rings is 4. The number of anilines is 3. The van der Waals surface area contributed by atoms with Crippen LogP contribution in [-0.4, -0.2) is 16.8 Å². The molecule has 6 rings (SSSR count). The van der Waals surface area contributed by atoms with Crippen molar-refractivity contribution in [1.82, 2.24) is 5.01 Å². The van der Waals surface area contributed by atoms with Crippen LogP contribution >= 0.6 is 0 Å². The second-order valence-electron chi connectivity index (χ2n) is 9.79. The summed E-state index contributed by atoms with van der Waals surface area (Å²) in [5.41, 5.74) is 11.4. The largest absolute Gasteiger partial charge is 0.399 e. The van der Waals surface area contributed by atoms with E-state index in [-0.39, 0.29) is 6.03 Å². The predicted octanol–water partition coefficient (Wildman–Crippen LogP) is 7.48. The first-order valence-electron chi connectivity index (χ1n) is 12.8. The Bertz CT molecular complexity index is 1440. The summed E-state index contributed by atoms with van der Waals surface area (Å²) in [6.07, 6.45) is 5.88. The van der Waals surface area contributed by atoms with Crippen molar-refractivity contribution in [2.45, 2.75) is 38.6 Å². The highest BCUT2D eigenvalue weighted by Gasteiger charge is 2.34. The van der Waals surface area contributed by atoms with Crippen molar-refractivity contribution in [1.29, 1.82) is 0 Å². The van der Waals surface area contributed by atoms with Gasteiger partial charge in [-0.25, -0.2) is 9.80 Å². The minimum Gasteiger partial charge on any atom is -0.399 e. The number of nitrogen functional groups attached to an aromatic ring is 1. The Hall–Kier alpha value is -4.12. The van der Waals surface area contributed by atoms with E-state index in [2.05, 4.69) is 36.4 Å². The van der Waals surface area contributed by atoms with Crippen LogP contribution in [0.3, 0.4) is 0 Å². The zero-order valence-electron chi connectivity index (χ0n) is 20.3. The van der Waals surface area contributed by atoms with Crippen LogP contribution in [0.2, 0.25) is 0 Å². The zero-order valence-corrected chi connectivity index (χ0v) is 20.3. The van der Waals surface area contributed by atoms with E-state index in [0.29, 0.717) is 18.2 Å². The molecule has 5 nitrogen and oxygen atoms in total. The molecule has 2 N–H and O–H groups in total. The summed E-state index contributed by atoms with van der Waals surface area (Å²) >= 11 is 0. The van der Waals surface area contributed by atoms with E-state index in [1.807, 2.05) is 54.6 Å². The lowest BCUT2D eigenvalue weighted by Gasteiger charge is -2.27. The molecule has 1 aliphatic carbocycles. The number of hydrazone groups is 1. The summed E-state index contributed by atoms with van der Waals surface area (Å²) in [5.74, 6) is 0.346. The number of carbonyl (C=O) groups is 1. The van der Waals surface area contributed by atoms with Gasteiger partial charge in [0.15, 0.2) is 0 Å². The van der Waals surface area contributed by atoms with E-state index in [1.54, 1.807) is 9.91 Å². The third-order valence-electron chi connectivity index (χ3n) is 7.35. The Morgan fingerprint density at radius 2 is 1.53 bits per heavy atom. The van der Waals surface area contributed by atoms with E-state index >= 15 is 0 Å². The van der Waals surface area contributed by atoms with Crippen molar-refractivity contribution in [3.05, 3.63) is 102 Å². The number of para-hydroxylation sites is 1. The van der Waals surface area contributed by atoms with E-state index < -0.39 is 0 Å². The van der Waals surface area contributed by atoms with E-state index in [4.69, 9.17) is 10.8 Å². The first-order chi connectivity index (χ1) is 17.7. The maximum atomic E-state index is 14.2. The smallest absolute Gasteiger partial charge is 0.349 e. The maximum Gasteiger partial charge on any atom is 0.349 e. The van der Waals surface area contributed by atoms with Crippen LogP contribution in [-0.2, 0) is 6.54 Å². The number of hydrogen-bond donors (Lipinski definition) is 1. The Morgan fingerprint density at radius 1 is 0.806 bits per heavy atom. The molecule has 36 heavy (non-hydrogen) atoms. The highest BCUT2D eigenvalue weighted by atomic mass is 16.2. The lowest BCUT2D eigenvalue weighted by atomic mass is 9.83. The molecular formula is C31H30N4O. The van der Waals surface area contributed by atoms with Crippen LogP contribution in [0.15, 0.2) is 96.1 Å². The molecule has 1 heterocycles. The molecular weight excluding hydrogens is 444 g/mol. The fourth-order valence-corrected chi connectivity index (χ4v) is 5.49. The van der Waals surface area contributed by atoms with Crippen molar-refractivity contribution < 1.29 is 4.79 Å². The number of rotatable bonds is 4. The average molecular weight is 475 g/mol. The standard InChI is InChI=1S/C31H30N4O/c32-26-16-18-27(19-17-26)35-29-13-7-6-12-28(29)30(24-9-2-1-3-10-24)33-34(31(35)36)21-22-14-15-23-8-4-5-11-25(23)20-22/h4-8,11-20,24H,1-3,9-10,21,32H2. The minimum atomic E-state index is -0.161. The molecule has 0 radical (unpaired) electrons. The van der Waals surface area contributed by atoms with Crippen molar-refractivity contribution in [3.63, 3.8) is 0 Å². The molecule has 0 saturated heterocycles. The monoisotopic (exact) mass is 474 g/mol. The number of fused-ring (bicyclic) bond motifs is 2. The lowest BCUT2D eigenvalue weighted by Crippen LogP contribution is -2.36. The van der Waals surface area contributed by atoms with Gasteiger partial charge in [-0.3, -0.25) is 4.90 Å². The van der Waals surface area contributed by atoms with Gasteiger partial charge >= 0.3 is 6.03 Å². The van der Waals surface area contributed by atoms with Crippen LogP contribution in [0.5, 0.6) is 0 Å². The molecule has 2 amide bonds. The quantitative estimate of drug-likeness (QED) is 0.312. The van der Waals surface area contributed by atoms with Crippen molar-refractivity contribution in [2.75, 3.05) is 10.6 Å². The Morgan fingerprint density at radius 3 is 2.33 bits per heavy atom. The number of hydrogen-bond acceptors (Lipinski definition) is 3. The normalized spacial score (nSPS) is 16.6. The molecule has 0 bridgehead atoms. The van der Waals surface area contributed by atoms with E-state index in [9.17, 15) is 4.79 Å². The SMILES string of the molecule is Nc1ccc(N2C(=O)N(Cc3ccc4ccccc4c3)N=C(C3CCCCC3)c3ccccc32)cc1. The van der Waals surface area contributed by atoms with E-state index in [0.717, 1.165) is 46.4 Å². The van der Waals surface area contributed by atoms with Gasteiger partial charge in [0.25, 0.3) is 0 Å². The molecule has 1 fully saturated rings. The van der Waals surface area contributed by atoms with Crippen LogP contribution in [0.4, 0.5) is 21.9 Å². The minimum absolute atomic E-state index is 0.161. The average Bonchev–Trinajstić information content (AvgIpc) is 3.04. The van der Waals surface area contributed by atoms with Gasteiger partial charge in [-0.2, -0.15) is 5.10 Å². The third-order valence-corrected chi connectivity index (χ3v) is 7.35. The third kappa shape index (κ3) is 4.22. The van der Waals surface area contributed by atoms with Crippen LogP contribution in [0.1, 0.15) is 43.2 Å². The van der Waals surface area contributed by atoms with Gasteiger partial charge in [-0.05, 0) is 65.6 Å². The molecule has 2 aliphatic rings. The van der Waals surface area contributed by atoms with Gasteiger partial charge in [0.1, 0.15) is 0 Å². The number of nitrogens with zero attached hydrogens (tertiary/aromatic N) is 3. The van der Waals surface area contributed by atoms with Crippen LogP contribution < -0.4 is 10.6 Å². The Kier molecular flexibility index (Phi) is 5.90. The van der Waals surface area contributed by atoms with Gasteiger partial charge in [0, 0.05) is 17.2 Å². The molecule has 1 aliphatic heterocycles. The topological polar surface area (TPSA) is 61.9 Å². The molecule has 4 aromatic rings. The lowest BCUT2D eigenvalue weighted by molar-refractivity contribution is 0.207. The van der Waals surface area contributed by atoms with Crippen molar-refractivity contribution >= 4 is 39.6 Å². The molecule has 5 heteroatoms. The fraction of sp³-hybridized carbons (Fsp3) is 0.226. The van der Waals surface area contributed by atoms with Gasteiger partial charge in [0.2, 0.25) is 0 Å². The van der Waals surface area contributed by atoms with Gasteiger partial charge in [-0.1, -0.05) is 73.9 Å². The Balaban J connectivity index is 1.47. The summed E-state index contributed by atoms with van der Waals surface area (Å²) in [6, 6.07) is 30.2. The maximum absolute atomic E-state index is 14.2. The summed E-state index contributed by atoms with van der Waals surface area (Å²) < 4.78 is 0. The van der Waals surface area contributed by atoms with Crippen LogP contribution in [0.25, 0.3) is 10.8 Å². The summed E-state index contributed by atoms with van der Waals surface area (Å²) in [7, 11) is 0. The number of amides is 2. The zero-order chi connectivity index (χ0) is 24.5. The molecule has 0 unspecified atom stereocenters. The second kappa shape index (κ2) is 9.50. The predicted molar refractivity (Wildman–Crippen MR) is 147 cm³/mol. The second-order valence-corrected chi connectivity index (χ2v) is 9.79. The molecule has 1 saturated carbocycles. The van der Waals surface area contributed by atoms with Gasteiger partial charge in [0.05, 0.1) is 23.6 Å². The molecule has 0 atom stereocenters. The first kappa shape index (κ1) is 22.4. The number of urea groups is 1. The highest BCUT2D eigenvalue weighted by molar-refractivity contribution is 6.13. The summed E-state index contributed by atoms with van der Waals surface area (Å²) in [4.78, 5) is 16.0. The molecule has 0 aromatic heterocycles. The summed E-state index contributed by atoms with van der Waals surface area (Å²) in [6.45, 7) is 0.402. The summed E-state index contributed by atoms with van der Waals surface area (Å²) in [5, 5.41) is 9.13. The first-order valence-corrected chi connectivity index (χ1v) is 12.8.